The number of aryl methyl sites for hydroxylation is 4. The number of benzene rings is 4. The molecule has 0 aliphatic rings. The Labute approximate surface area is 341 Å². The number of fused-ring (bicyclic) bond motifs is 2. The number of ether oxygens (including phenoxy) is 2. The zero-order valence-corrected chi connectivity index (χ0v) is 36.4. The molecular formula is C44H56N8O2S2. The molecule has 12 heteroatoms. The van der Waals surface area contributed by atoms with Crippen molar-refractivity contribution in [2.24, 2.45) is 10.3 Å². The number of nitrogens with two attached hydrogens (primary N) is 2. The zero-order valence-electron chi connectivity index (χ0n) is 34.8. The lowest BCUT2D eigenvalue weighted by Crippen LogP contribution is -2.09. The number of methoxy groups -OCH3 is 2. The summed E-state index contributed by atoms with van der Waals surface area (Å²) < 4.78 is 11.5. The molecule has 0 atom stereocenters. The van der Waals surface area contributed by atoms with E-state index in [9.17, 15) is 0 Å². The summed E-state index contributed by atoms with van der Waals surface area (Å²) >= 11 is 2.76. The number of aromatic amines is 2. The first kappa shape index (κ1) is 45.4. The van der Waals surface area contributed by atoms with E-state index in [0.717, 1.165) is 56.3 Å². The van der Waals surface area contributed by atoms with E-state index in [4.69, 9.17) is 30.3 Å². The maximum atomic E-state index is 8.97. The molecule has 0 saturated heterocycles. The number of imidazole rings is 2. The van der Waals surface area contributed by atoms with Crippen LogP contribution in [0.3, 0.4) is 0 Å². The van der Waals surface area contributed by atoms with E-state index in [0.29, 0.717) is 24.0 Å². The molecular weight excluding hydrogens is 737 g/mol. The van der Waals surface area contributed by atoms with Crippen molar-refractivity contribution in [2.75, 3.05) is 14.2 Å². The van der Waals surface area contributed by atoms with Crippen LogP contribution < -0.4 is 19.8 Å². The zero-order chi connectivity index (χ0) is 41.8. The minimum atomic E-state index is 0.236. The van der Waals surface area contributed by atoms with Crippen LogP contribution in [-0.4, -0.2) is 43.6 Å². The topological polar surface area (TPSA) is 175 Å². The van der Waals surface area contributed by atoms with Gasteiger partial charge in [-0.15, -0.1) is 0 Å². The summed E-state index contributed by atoms with van der Waals surface area (Å²) in [5.41, 5.74) is 11.8. The summed E-state index contributed by atoms with van der Waals surface area (Å²) in [7, 11) is 3.38. The quantitative estimate of drug-likeness (QED) is 0.119. The lowest BCUT2D eigenvalue weighted by atomic mass is 10.0. The van der Waals surface area contributed by atoms with Gasteiger partial charge >= 0.3 is 0 Å². The van der Waals surface area contributed by atoms with Crippen LogP contribution >= 0.6 is 23.9 Å². The molecule has 4 aromatic carbocycles. The summed E-state index contributed by atoms with van der Waals surface area (Å²) in [5.74, 6) is 3.51. The SMILES string of the molecule is CC(C)(C)SN.CC(C)(C)SN.COc1cc(C)cc(C)c1Cc1nc2ccc(C#N)cc2[nH]1.COc1cc(C)cc(C)c1Cc1nc2ccc(C#N)cc2[nH]1. The highest BCUT2D eigenvalue weighted by molar-refractivity contribution is 7.98. The number of hydrogen-bond donors (Lipinski definition) is 4. The van der Waals surface area contributed by atoms with Crippen molar-refractivity contribution in [3.63, 3.8) is 0 Å². The highest BCUT2D eigenvalue weighted by Gasteiger charge is 2.14. The molecule has 0 amide bonds. The molecule has 10 nitrogen and oxygen atoms in total. The third-order valence-corrected chi connectivity index (χ3v) is 9.72. The smallest absolute Gasteiger partial charge is 0.123 e. The molecule has 0 aliphatic heterocycles. The second kappa shape index (κ2) is 20.3. The van der Waals surface area contributed by atoms with E-state index in [-0.39, 0.29) is 9.49 Å². The lowest BCUT2D eigenvalue weighted by Gasteiger charge is -2.11. The predicted octanol–water partition coefficient (Wildman–Crippen LogP) is 10.1. The third kappa shape index (κ3) is 13.6. The van der Waals surface area contributed by atoms with Gasteiger partial charge in [0.25, 0.3) is 0 Å². The minimum Gasteiger partial charge on any atom is -0.496 e. The highest BCUT2D eigenvalue weighted by atomic mass is 32.2. The Kier molecular flexibility index (Phi) is 16.4. The van der Waals surface area contributed by atoms with Gasteiger partial charge in [0.15, 0.2) is 0 Å². The first-order valence-corrected chi connectivity index (χ1v) is 19.9. The molecule has 6 aromatic rings. The highest BCUT2D eigenvalue weighted by Crippen LogP contribution is 2.28. The average Bonchev–Trinajstić information content (AvgIpc) is 3.75. The number of nitriles is 2. The molecule has 0 unspecified atom stereocenters. The number of aromatic nitrogens is 4. The van der Waals surface area contributed by atoms with E-state index in [2.05, 4.69) is 113 Å². The van der Waals surface area contributed by atoms with Crippen molar-refractivity contribution in [1.29, 1.82) is 10.5 Å². The first-order valence-electron chi connectivity index (χ1n) is 18.1. The van der Waals surface area contributed by atoms with Crippen molar-refractivity contribution < 1.29 is 9.47 Å². The van der Waals surface area contributed by atoms with Gasteiger partial charge in [0.05, 0.1) is 59.6 Å². The fourth-order valence-electron chi connectivity index (χ4n) is 5.50. The Morgan fingerprint density at radius 3 is 1.23 bits per heavy atom. The van der Waals surface area contributed by atoms with Gasteiger partial charge in [-0.05, 0) is 140 Å². The molecule has 296 valence electrons. The summed E-state index contributed by atoms with van der Waals surface area (Å²) in [4.78, 5) is 15.8. The van der Waals surface area contributed by atoms with E-state index in [1.165, 1.54) is 46.1 Å². The van der Waals surface area contributed by atoms with Gasteiger partial charge in [0.1, 0.15) is 23.1 Å². The van der Waals surface area contributed by atoms with E-state index >= 15 is 0 Å². The van der Waals surface area contributed by atoms with Crippen LogP contribution in [0, 0.1) is 50.4 Å². The molecule has 0 bridgehead atoms. The monoisotopic (exact) mass is 792 g/mol. The lowest BCUT2D eigenvalue weighted by molar-refractivity contribution is 0.409. The molecule has 0 radical (unpaired) electrons. The number of H-pyrrole nitrogens is 2. The fraction of sp³-hybridized carbons (Fsp3) is 0.364. The minimum absolute atomic E-state index is 0.236. The largest absolute Gasteiger partial charge is 0.496 e. The number of nitrogens with one attached hydrogen (secondary N) is 2. The van der Waals surface area contributed by atoms with Crippen LogP contribution in [0.25, 0.3) is 22.1 Å². The number of nitrogens with zero attached hydrogens (tertiary/aromatic N) is 4. The maximum Gasteiger partial charge on any atom is 0.123 e. The van der Waals surface area contributed by atoms with Gasteiger partial charge in [-0.25, -0.2) is 9.97 Å². The van der Waals surface area contributed by atoms with Gasteiger partial charge in [0, 0.05) is 33.5 Å². The van der Waals surface area contributed by atoms with Gasteiger partial charge in [-0.1, -0.05) is 36.0 Å². The van der Waals surface area contributed by atoms with Crippen molar-refractivity contribution >= 4 is 46.0 Å². The van der Waals surface area contributed by atoms with E-state index in [1.807, 2.05) is 36.4 Å². The van der Waals surface area contributed by atoms with Gasteiger partial charge < -0.3 is 19.4 Å². The summed E-state index contributed by atoms with van der Waals surface area (Å²) in [6.07, 6.45) is 1.34. The number of rotatable bonds is 6. The molecule has 0 saturated carbocycles. The standard InChI is InChI=1S/2C18H17N3O.2C4H11NS/c2*1-11-6-12(2)14(17(7-11)22-3)9-18-20-15-5-4-13(10-19)8-16(15)21-18;2*1-4(2,3)6-5/h2*4-8H,9H2,1-3H3,(H,20,21);2*5H2,1-3H3. The first-order chi connectivity index (χ1) is 26.3. The summed E-state index contributed by atoms with van der Waals surface area (Å²) in [6, 6.07) is 23.6. The normalized spacial score (nSPS) is 10.9. The van der Waals surface area contributed by atoms with Gasteiger partial charge in [0.2, 0.25) is 0 Å². The Morgan fingerprint density at radius 2 is 0.946 bits per heavy atom. The summed E-state index contributed by atoms with van der Waals surface area (Å²) in [6.45, 7) is 20.8. The second-order valence-corrected chi connectivity index (χ2v) is 18.3. The number of hydrogen-bond acceptors (Lipinski definition) is 10. The second-order valence-electron chi connectivity index (χ2n) is 15.4. The van der Waals surface area contributed by atoms with Crippen molar-refractivity contribution in [3.05, 3.63) is 117 Å². The van der Waals surface area contributed by atoms with Gasteiger partial charge in [-0.2, -0.15) is 10.5 Å². The van der Waals surface area contributed by atoms with Crippen molar-refractivity contribution in [2.45, 2.75) is 91.6 Å². The van der Waals surface area contributed by atoms with E-state index in [1.54, 1.807) is 26.4 Å². The Balaban J connectivity index is 0.000000234. The molecule has 6 N–H and O–H groups in total. The molecule has 2 aromatic heterocycles. The van der Waals surface area contributed by atoms with Crippen LogP contribution in [0.1, 0.15) is 97.7 Å². The van der Waals surface area contributed by atoms with Crippen molar-refractivity contribution in [1.82, 2.24) is 19.9 Å². The van der Waals surface area contributed by atoms with Crippen LogP contribution in [0.4, 0.5) is 0 Å². The fourth-order valence-corrected chi connectivity index (χ4v) is 5.50. The van der Waals surface area contributed by atoms with E-state index < -0.39 is 0 Å². The molecule has 6 rings (SSSR count). The molecule has 56 heavy (non-hydrogen) atoms. The van der Waals surface area contributed by atoms with Crippen LogP contribution in [-0.2, 0) is 12.8 Å². The Hall–Kier alpha value is -4.98. The van der Waals surface area contributed by atoms with Crippen LogP contribution in [0.15, 0.2) is 60.7 Å². The Morgan fingerprint density at radius 1 is 0.607 bits per heavy atom. The Bertz CT molecular complexity index is 2160. The van der Waals surface area contributed by atoms with Crippen LogP contribution in [0.2, 0.25) is 0 Å². The van der Waals surface area contributed by atoms with Crippen molar-refractivity contribution in [3.8, 4) is 23.6 Å². The molecule has 0 aliphatic carbocycles. The molecule has 0 spiro atoms. The summed E-state index contributed by atoms with van der Waals surface area (Å²) in [5, 5.41) is 28.4. The molecule has 2 heterocycles. The van der Waals surface area contributed by atoms with Gasteiger partial charge in [-0.3, -0.25) is 10.3 Å². The van der Waals surface area contributed by atoms with Crippen LogP contribution in [0.5, 0.6) is 11.5 Å². The third-order valence-electron chi connectivity index (χ3n) is 8.31. The molecule has 0 fully saturated rings. The maximum absolute atomic E-state index is 8.97. The average molecular weight is 793 g/mol. The predicted molar refractivity (Wildman–Crippen MR) is 235 cm³/mol.